The minimum Gasteiger partial charge on any atom is -0.497 e. The van der Waals surface area contributed by atoms with E-state index in [2.05, 4.69) is 44.9 Å². The van der Waals surface area contributed by atoms with Crippen LogP contribution in [0.2, 0.25) is 0 Å². The van der Waals surface area contributed by atoms with Gasteiger partial charge in [-0.25, -0.2) is 0 Å². The lowest BCUT2D eigenvalue weighted by Crippen LogP contribution is -2.50. The van der Waals surface area contributed by atoms with Gasteiger partial charge in [0, 0.05) is 18.6 Å². The summed E-state index contributed by atoms with van der Waals surface area (Å²) in [6, 6.07) is 8.24. The van der Waals surface area contributed by atoms with Crippen molar-refractivity contribution in [3.8, 4) is 5.75 Å². The summed E-state index contributed by atoms with van der Waals surface area (Å²) in [6.45, 7) is 8.32. The highest BCUT2D eigenvalue weighted by Gasteiger charge is 2.28. The Labute approximate surface area is 117 Å². The predicted molar refractivity (Wildman–Crippen MR) is 81.4 cm³/mol. The molecule has 1 unspecified atom stereocenters. The molecule has 2 N–H and O–H groups in total. The molecular weight excluding hydrogens is 236 g/mol. The fourth-order valence-corrected chi connectivity index (χ4v) is 2.47. The summed E-state index contributed by atoms with van der Waals surface area (Å²) < 4.78 is 5.18. The SMILES string of the molecule is COc1ccc(CN(C)C(C)(CN)CC(C)C)cc1. The summed E-state index contributed by atoms with van der Waals surface area (Å²) in [4.78, 5) is 2.36. The van der Waals surface area contributed by atoms with Crippen LogP contribution in [0.3, 0.4) is 0 Å². The lowest BCUT2D eigenvalue weighted by Gasteiger charge is -2.39. The van der Waals surface area contributed by atoms with Gasteiger partial charge in [-0.1, -0.05) is 26.0 Å². The van der Waals surface area contributed by atoms with E-state index in [0.29, 0.717) is 12.5 Å². The molecule has 3 heteroatoms. The van der Waals surface area contributed by atoms with Crippen LogP contribution in [0.15, 0.2) is 24.3 Å². The van der Waals surface area contributed by atoms with E-state index in [1.54, 1.807) is 7.11 Å². The number of hydrogen-bond donors (Lipinski definition) is 1. The van der Waals surface area contributed by atoms with E-state index >= 15 is 0 Å². The van der Waals surface area contributed by atoms with Crippen molar-refractivity contribution in [2.75, 3.05) is 20.7 Å². The maximum Gasteiger partial charge on any atom is 0.118 e. The highest BCUT2D eigenvalue weighted by Crippen LogP contribution is 2.24. The molecule has 1 atom stereocenters. The van der Waals surface area contributed by atoms with Crippen molar-refractivity contribution in [3.63, 3.8) is 0 Å². The smallest absolute Gasteiger partial charge is 0.118 e. The minimum atomic E-state index is 0.0497. The number of methoxy groups -OCH3 is 1. The Morgan fingerprint density at radius 1 is 1.26 bits per heavy atom. The average molecular weight is 264 g/mol. The van der Waals surface area contributed by atoms with Gasteiger partial charge in [-0.05, 0) is 44.0 Å². The second kappa shape index (κ2) is 6.92. The van der Waals surface area contributed by atoms with Crippen LogP contribution in [0.5, 0.6) is 5.75 Å². The molecular formula is C16H28N2O. The fourth-order valence-electron chi connectivity index (χ4n) is 2.47. The van der Waals surface area contributed by atoms with Crippen LogP contribution in [0.25, 0.3) is 0 Å². The zero-order valence-electron chi connectivity index (χ0n) is 12.9. The van der Waals surface area contributed by atoms with Crippen molar-refractivity contribution in [3.05, 3.63) is 29.8 Å². The van der Waals surface area contributed by atoms with E-state index in [1.807, 2.05) is 12.1 Å². The average Bonchev–Trinajstić information content (AvgIpc) is 2.38. The predicted octanol–water partition coefficient (Wildman–Crippen LogP) is 2.89. The van der Waals surface area contributed by atoms with Crippen molar-refractivity contribution in [2.45, 2.75) is 39.3 Å². The van der Waals surface area contributed by atoms with Gasteiger partial charge in [0.1, 0.15) is 5.75 Å². The first kappa shape index (κ1) is 16.0. The number of nitrogens with zero attached hydrogens (tertiary/aromatic N) is 1. The van der Waals surface area contributed by atoms with Gasteiger partial charge in [0.25, 0.3) is 0 Å². The summed E-state index contributed by atoms with van der Waals surface area (Å²) >= 11 is 0. The first-order valence-electron chi connectivity index (χ1n) is 6.95. The van der Waals surface area contributed by atoms with Gasteiger partial charge >= 0.3 is 0 Å². The topological polar surface area (TPSA) is 38.5 Å². The molecule has 1 aromatic rings. The van der Waals surface area contributed by atoms with E-state index < -0.39 is 0 Å². The van der Waals surface area contributed by atoms with Gasteiger partial charge in [-0.2, -0.15) is 0 Å². The number of ether oxygens (including phenoxy) is 1. The standard InChI is InChI=1S/C16H28N2O/c1-13(2)10-16(3,12-17)18(4)11-14-6-8-15(19-5)9-7-14/h6-9,13H,10-12,17H2,1-5H3. The van der Waals surface area contributed by atoms with Crippen molar-refractivity contribution in [1.29, 1.82) is 0 Å². The first-order valence-corrected chi connectivity index (χ1v) is 6.95. The quantitative estimate of drug-likeness (QED) is 0.823. The Kier molecular flexibility index (Phi) is 5.83. The van der Waals surface area contributed by atoms with Gasteiger partial charge in [0.15, 0.2) is 0 Å². The third-order valence-corrected chi connectivity index (χ3v) is 3.79. The van der Waals surface area contributed by atoms with Crippen LogP contribution in [0.1, 0.15) is 32.8 Å². The number of nitrogens with two attached hydrogens (primary N) is 1. The van der Waals surface area contributed by atoms with E-state index in [9.17, 15) is 0 Å². The number of rotatable bonds is 7. The number of benzene rings is 1. The molecule has 0 aliphatic carbocycles. The first-order chi connectivity index (χ1) is 8.91. The van der Waals surface area contributed by atoms with Gasteiger partial charge in [0.05, 0.1) is 7.11 Å². The van der Waals surface area contributed by atoms with Crippen molar-refractivity contribution < 1.29 is 4.74 Å². The molecule has 0 aliphatic heterocycles. The van der Waals surface area contributed by atoms with E-state index in [-0.39, 0.29) is 5.54 Å². The second-order valence-corrected chi connectivity index (χ2v) is 6.00. The van der Waals surface area contributed by atoms with Crippen LogP contribution in [0.4, 0.5) is 0 Å². The zero-order chi connectivity index (χ0) is 14.5. The molecule has 0 heterocycles. The monoisotopic (exact) mass is 264 g/mol. The highest BCUT2D eigenvalue weighted by molar-refractivity contribution is 5.27. The molecule has 108 valence electrons. The number of hydrogen-bond acceptors (Lipinski definition) is 3. The van der Waals surface area contributed by atoms with Gasteiger partial charge in [-0.15, -0.1) is 0 Å². The van der Waals surface area contributed by atoms with Crippen LogP contribution >= 0.6 is 0 Å². The second-order valence-electron chi connectivity index (χ2n) is 6.00. The molecule has 0 spiro atoms. The third kappa shape index (κ3) is 4.51. The summed E-state index contributed by atoms with van der Waals surface area (Å²) in [5.41, 5.74) is 7.33. The van der Waals surface area contributed by atoms with E-state index in [0.717, 1.165) is 18.7 Å². The van der Waals surface area contributed by atoms with E-state index in [1.165, 1.54) is 5.56 Å². The summed E-state index contributed by atoms with van der Waals surface area (Å²) in [7, 11) is 3.84. The Bertz CT molecular complexity index is 375. The van der Waals surface area contributed by atoms with Crippen LogP contribution in [0, 0.1) is 5.92 Å². The third-order valence-electron chi connectivity index (χ3n) is 3.79. The minimum absolute atomic E-state index is 0.0497. The van der Waals surface area contributed by atoms with Crippen LogP contribution in [-0.2, 0) is 6.54 Å². The Balaban J connectivity index is 2.72. The largest absolute Gasteiger partial charge is 0.497 e. The zero-order valence-corrected chi connectivity index (χ0v) is 12.9. The van der Waals surface area contributed by atoms with Gasteiger partial charge in [-0.3, -0.25) is 4.90 Å². The van der Waals surface area contributed by atoms with Crippen molar-refractivity contribution in [1.82, 2.24) is 4.90 Å². The molecule has 0 fully saturated rings. The number of likely N-dealkylation sites (N-methyl/N-ethyl adjacent to an activating group) is 1. The summed E-state index contributed by atoms with van der Waals surface area (Å²) in [6.07, 6.45) is 1.11. The molecule has 0 saturated heterocycles. The molecule has 1 aromatic carbocycles. The van der Waals surface area contributed by atoms with Gasteiger partial charge < -0.3 is 10.5 Å². The molecule has 0 amide bonds. The van der Waals surface area contributed by atoms with Crippen LogP contribution < -0.4 is 10.5 Å². The fraction of sp³-hybridized carbons (Fsp3) is 0.625. The molecule has 0 aliphatic rings. The van der Waals surface area contributed by atoms with Crippen molar-refractivity contribution in [2.24, 2.45) is 11.7 Å². The normalized spacial score (nSPS) is 14.7. The lowest BCUT2D eigenvalue weighted by atomic mass is 9.89. The Morgan fingerprint density at radius 3 is 2.26 bits per heavy atom. The molecule has 0 radical (unpaired) electrons. The van der Waals surface area contributed by atoms with Crippen molar-refractivity contribution >= 4 is 0 Å². The van der Waals surface area contributed by atoms with Gasteiger partial charge in [0.2, 0.25) is 0 Å². The highest BCUT2D eigenvalue weighted by atomic mass is 16.5. The molecule has 3 nitrogen and oxygen atoms in total. The molecule has 0 saturated carbocycles. The molecule has 0 bridgehead atoms. The Hall–Kier alpha value is -1.06. The maximum atomic E-state index is 5.99. The Morgan fingerprint density at radius 2 is 1.84 bits per heavy atom. The summed E-state index contributed by atoms with van der Waals surface area (Å²) in [5, 5.41) is 0. The molecule has 1 rings (SSSR count). The van der Waals surface area contributed by atoms with E-state index in [4.69, 9.17) is 10.5 Å². The molecule has 0 aromatic heterocycles. The maximum absolute atomic E-state index is 5.99. The lowest BCUT2D eigenvalue weighted by molar-refractivity contribution is 0.111. The summed E-state index contributed by atoms with van der Waals surface area (Å²) in [5.74, 6) is 1.54. The van der Waals surface area contributed by atoms with Crippen LogP contribution in [-0.4, -0.2) is 31.1 Å². The molecule has 19 heavy (non-hydrogen) atoms.